The third kappa shape index (κ3) is 3.56. The van der Waals surface area contributed by atoms with Crippen molar-refractivity contribution in [1.29, 1.82) is 0 Å². The highest BCUT2D eigenvalue weighted by Crippen LogP contribution is 2.31. The Balaban J connectivity index is 1.59. The largest absolute Gasteiger partial charge is 0.294 e. The second-order valence-corrected chi connectivity index (χ2v) is 7.31. The van der Waals surface area contributed by atoms with Gasteiger partial charge in [0.25, 0.3) is 11.1 Å². The van der Waals surface area contributed by atoms with Gasteiger partial charge in [0.1, 0.15) is 5.82 Å². The number of aliphatic imine (C=N–C) groups is 1. The van der Waals surface area contributed by atoms with Gasteiger partial charge in [0.05, 0.1) is 18.2 Å². The lowest BCUT2D eigenvalue weighted by atomic mass is 9.89. The predicted octanol–water partition coefficient (Wildman–Crippen LogP) is 2.12. The summed E-state index contributed by atoms with van der Waals surface area (Å²) in [7, 11) is 0. The Labute approximate surface area is 170 Å². The van der Waals surface area contributed by atoms with Crippen LogP contribution in [0.3, 0.4) is 0 Å². The Hall–Kier alpha value is -3.33. The normalized spacial score (nSPS) is 19.4. The molecule has 0 unspecified atom stereocenters. The number of fused-ring (bicyclic) bond motifs is 1. The first-order valence-corrected chi connectivity index (χ1v) is 9.92. The standard InChI is InChI=1S/C20H16N4O4S/c25-17-12-29-20(28)23(17)10-9-21-11-15-13-5-1-2-6-14(13)18(26)24(19(15)27)16-7-3-4-8-22-16/h1-8,11,15H,9-10,12H2/t15-/m0/s1. The molecule has 9 heteroatoms. The summed E-state index contributed by atoms with van der Waals surface area (Å²) in [5, 5.41) is -0.281. The minimum Gasteiger partial charge on any atom is -0.294 e. The van der Waals surface area contributed by atoms with E-state index in [1.165, 1.54) is 12.4 Å². The molecule has 8 nitrogen and oxygen atoms in total. The molecule has 0 N–H and O–H groups in total. The number of hydrogen-bond acceptors (Lipinski definition) is 7. The summed E-state index contributed by atoms with van der Waals surface area (Å²) in [6.45, 7) is 0.341. The van der Waals surface area contributed by atoms with Crippen molar-refractivity contribution in [2.45, 2.75) is 5.92 Å². The van der Waals surface area contributed by atoms with Gasteiger partial charge in [0.2, 0.25) is 11.8 Å². The average molecular weight is 408 g/mol. The third-order valence-corrected chi connectivity index (χ3v) is 5.50. The Kier molecular flexibility index (Phi) is 5.22. The molecule has 0 radical (unpaired) electrons. The van der Waals surface area contributed by atoms with Crippen LogP contribution in [0.15, 0.2) is 53.7 Å². The number of imide groups is 2. The van der Waals surface area contributed by atoms with Crippen LogP contribution in [0.5, 0.6) is 0 Å². The van der Waals surface area contributed by atoms with Crippen LogP contribution in [-0.4, -0.2) is 57.9 Å². The number of carbonyl (C=O) groups excluding carboxylic acids is 4. The highest BCUT2D eigenvalue weighted by Gasteiger charge is 2.39. The van der Waals surface area contributed by atoms with Crippen LogP contribution >= 0.6 is 11.8 Å². The zero-order valence-corrected chi connectivity index (χ0v) is 16.0. The van der Waals surface area contributed by atoms with Crippen molar-refractivity contribution in [3.63, 3.8) is 0 Å². The van der Waals surface area contributed by atoms with E-state index < -0.39 is 17.7 Å². The second kappa shape index (κ2) is 7.96. The molecule has 2 aromatic rings. The van der Waals surface area contributed by atoms with Crippen LogP contribution in [0.2, 0.25) is 0 Å². The molecule has 146 valence electrons. The molecule has 3 heterocycles. The van der Waals surface area contributed by atoms with Gasteiger partial charge >= 0.3 is 0 Å². The van der Waals surface area contributed by atoms with Crippen LogP contribution in [0.1, 0.15) is 21.8 Å². The van der Waals surface area contributed by atoms with Crippen molar-refractivity contribution < 1.29 is 19.2 Å². The molecule has 4 amide bonds. The molecule has 1 fully saturated rings. The fraction of sp³-hybridized carbons (Fsp3) is 0.200. The lowest BCUT2D eigenvalue weighted by Crippen LogP contribution is -2.46. The second-order valence-electron chi connectivity index (χ2n) is 6.39. The van der Waals surface area contributed by atoms with E-state index in [0.29, 0.717) is 11.1 Å². The number of rotatable bonds is 5. The van der Waals surface area contributed by atoms with Crippen LogP contribution in [0.4, 0.5) is 10.6 Å². The van der Waals surface area contributed by atoms with Gasteiger partial charge in [-0.2, -0.15) is 0 Å². The van der Waals surface area contributed by atoms with E-state index in [-0.39, 0.29) is 35.8 Å². The summed E-state index contributed by atoms with van der Waals surface area (Å²) in [5.74, 6) is -1.47. The number of nitrogens with zero attached hydrogens (tertiary/aromatic N) is 4. The molecular weight excluding hydrogens is 392 g/mol. The zero-order chi connectivity index (χ0) is 20.4. The average Bonchev–Trinajstić information content (AvgIpc) is 3.06. The molecule has 2 aliphatic heterocycles. The van der Waals surface area contributed by atoms with Gasteiger partial charge in [-0.1, -0.05) is 36.0 Å². The van der Waals surface area contributed by atoms with Gasteiger partial charge in [-0.05, 0) is 23.8 Å². The Morgan fingerprint density at radius 2 is 1.90 bits per heavy atom. The van der Waals surface area contributed by atoms with Crippen molar-refractivity contribution in [1.82, 2.24) is 9.88 Å². The molecule has 1 saturated heterocycles. The third-order valence-electron chi connectivity index (χ3n) is 4.64. The number of aromatic nitrogens is 1. The van der Waals surface area contributed by atoms with E-state index in [1.54, 1.807) is 42.5 Å². The maximum Gasteiger partial charge on any atom is 0.288 e. The highest BCUT2D eigenvalue weighted by molar-refractivity contribution is 8.14. The summed E-state index contributed by atoms with van der Waals surface area (Å²) in [4.78, 5) is 59.9. The van der Waals surface area contributed by atoms with Gasteiger partial charge < -0.3 is 0 Å². The van der Waals surface area contributed by atoms with E-state index >= 15 is 0 Å². The first-order chi connectivity index (χ1) is 14.1. The van der Waals surface area contributed by atoms with Gasteiger partial charge in [-0.15, -0.1) is 0 Å². The van der Waals surface area contributed by atoms with Crippen LogP contribution < -0.4 is 4.90 Å². The van der Waals surface area contributed by atoms with Crippen LogP contribution in [-0.2, 0) is 9.59 Å². The van der Waals surface area contributed by atoms with E-state index in [1.807, 2.05) is 0 Å². The van der Waals surface area contributed by atoms with Gasteiger partial charge in [-0.3, -0.25) is 29.1 Å². The zero-order valence-electron chi connectivity index (χ0n) is 15.2. The topological polar surface area (TPSA) is 100 Å². The molecule has 0 saturated carbocycles. The van der Waals surface area contributed by atoms with E-state index in [2.05, 4.69) is 9.98 Å². The van der Waals surface area contributed by atoms with Crippen molar-refractivity contribution >= 4 is 46.8 Å². The molecule has 0 bridgehead atoms. The molecule has 2 aliphatic rings. The van der Waals surface area contributed by atoms with Crippen LogP contribution in [0.25, 0.3) is 0 Å². The summed E-state index contributed by atoms with van der Waals surface area (Å²) in [6.07, 6.45) is 2.99. The quantitative estimate of drug-likeness (QED) is 0.555. The number of anilines is 1. The molecule has 1 aromatic carbocycles. The summed E-state index contributed by atoms with van der Waals surface area (Å²) >= 11 is 0.969. The number of hydrogen-bond donors (Lipinski definition) is 0. The van der Waals surface area contributed by atoms with Crippen molar-refractivity contribution in [3.05, 3.63) is 59.8 Å². The SMILES string of the molecule is O=C1CSC(=O)N1CCN=C[C@@H]1C(=O)N(c2ccccn2)C(=O)c2ccccc21. The van der Waals surface area contributed by atoms with Crippen molar-refractivity contribution in [3.8, 4) is 0 Å². The fourth-order valence-corrected chi connectivity index (χ4v) is 3.99. The first-order valence-electron chi connectivity index (χ1n) is 8.93. The summed E-state index contributed by atoms with van der Waals surface area (Å²) < 4.78 is 0. The monoisotopic (exact) mass is 408 g/mol. The van der Waals surface area contributed by atoms with Gasteiger partial charge in [-0.25, -0.2) is 9.88 Å². The van der Waals surface area contributed by atoms with Crippen LogP contribution in [0, 0.1) is 0 Å². The first kappa shape index (κ1) is 19.0. The molecule has 0 aliphatic carbocycles. The minimum absolute atomic E-state index is 0.151. The van der Waals surface area contributed by atoms with E-state index in [4.69, 9.17) is 0 Å². The molecule has 4 rings (SSSR count). The summed E-state index contributed by atoms with van der Waals surface area (Å²) in [6, 6.07) is 11.9. The van der Waals surface area contributed by atoms with Gasteiger partial charge in [0.15, 0.2) is 0 Å². The minimum atomic E-state index is -0.759. The number of amides is 4. The molecule has 1 atom stereocenters. The van der Waals surface area contributed by atoms with Gasteiger partial charge in [0, 0.05) is 24.5 Å². The number of thioether (sulfide) groups is 1. The van der Waals surface area contributed by atoms with E-state index in [9.17, 15) is 19.2 Å². The lowest BCUT2D eigenvalue weighted by Gasteiger charge is -2.30. The maximum absolute atomic E-state index is 13.1. The molecule has 0 spiro atoms. The number of benzene rings is 1. The van der Waals surface area contributed by atoms with Crippen molar-refractivity contribution in [2.24, 2.45) is 4.99 Å². The maximum atomic E-state index is 13.1. The fourth-order valence-electron chi connectivity index (χ4n) is 3.24. The Morgan fingerprint density at radius 1 is 1.10 bits per heavy atom. The molecular formula is C20H16N4O4S. The number of carbonyl (C=O) groups is 4. The summed E-state index contributed by atoms with van der Waals surface area (Å²) in [5.41, 5.74) is 0.984. The predicted molar refractivity (Wildman–Crippen MR) is 108 cm³/mol. The highest BCUT2D eigenvalue weighted by atomic mass is 32.2. The Bertz CT molecular complexity index is 1010. The smallest absolute Gasteiger partial charge is 0.288 e. The molecule has 1 aromatic heterocycles. The number of pyridine rings is 1. The van der Waals surface area contributed by atoms with E-state index in [0.717, 1.165) is 21.6 Å². The Morgan fingerprint density at radius 3 is 2.62 bits per heavy atom. The van der Waals surface area contributed by atoms with Crippen molar-refractivity contribution in [2.75, 3.05) is 23.7 Å². The molecule has 29 heavy (non-hydrogen) atoms. The lowest BCUT2D eigenvalue weighted by molar-refractivity contribution is -0.124.